The number of fused-ring (bicyclic) bond motifs is 1. The molecule has 0 spiro atoms. The highest BCUT2D eigenvalue weighted by Gasteiger charge is 2.33. The molecule has 2 aliphatic rings. The Kier molecular flexibility index (Phi) is 3.05. The first-order valence-corrected chi connectivity index (χ1v) is 6.21. The van der Waals surface area contributed by atoms with Crippen molar-refractivity contribution in [1.82, 2.24) is 0 Å². The SMILES string of the molecule is CC1(C)COB(c2ccc3c(c2)COCO3)OC1. The third-order valence-corrected chi connectivity index (χ3v) is 3.16. The third kappa shape index (κ3) is 2.39. The standard InChI is InChI=1S/C13H17BO4/c1-13(2)7-17-14(18-8-13)11-3-4-12-10(5-11)6-15-9-16-12/h3-5H,6-9H2,1-2H3. The highest BCUT2D eigenvalue weighted by atomic mass is 16.7. The number of hydrogen-bond donors (Lipinski definition) is 0. The maximum absolute atomic E-state index is 5.77. The van der Waals surface area contributed by atoms with Crippen LogP contribution in [0.25, 0.3) is 0 Å². The predicted octanol–water partition coefficient (Wildman–Crippen LogP) is 1.32. The van der Waals surface area contributed by atoms with Crippen molar-refractivity contribution in [1.29, 1.82) is 0 Å². The van der Waals surface area contributed by atoms with Crippen LogP contribution >= 0.6 is 0 Å². The summed E-state index contributed by atoms with van der Waals surface area (Å²) in [6.45, 7) is 6.61. The molecule has 0 atom stereocenters. The van der Waals surface area contributed by atoms with Gasteiger partial charge in [-0.05, 0) is 11.5 Å². The Hall–Kier alpha value is -1.04. The molecule has 3 rings (SSSR count). The largest absolute Gasteiger partial charge is 0.493 e. The lowest BCUT2D eigenvalue weighted by Gasteiger charge is -2.33. The summed E-state index contributed by atoms with van der Waals surface area (Å²) >= 11 is 0. The van der Waals surface area contributed by atoms with Crippen molar-refractivity contribution in [3.63, 3.8) is 0 Å². The summed E-state index contributed by atoms with van der Waals surface area (Å²) in [6, 6.07) is 5.99. The van der Waals surface area contributed by atoms with Gasteiger partial charge in [-0.3, -0.25) is 0 Å². The van der Waals surface area contributed by atoms with E-state index in [9.17, 15) is 0 Å². The minimum atomic E-state index is -0.273. The molecule has 0 unspecified atom stereocenters. The van der Waals surface area contributed by atoms with E-state index in [0.717, 1.165) is 16.8 Å². The molecule has 0 radical (unpaired) electrons. The molecule has 4 nitrogen and oxygen atoms in total. The average molecular weight is 248 g/mol. The van der Waals surface area contributed by atoms with Gasteiger partial charge in [0.1, 0.15) is 5.75 Å². The zero-order valence-corrected chi connectivity index (χ0v) is 10.8. The summed E-state index contributed by atoms with van der Waals surface area (Å²) in [5, 5.41) is 0. The zero-order chi connectivity index (χ0) is 12.6. The van der Waals surface area contributed by atoms with Crippen LogP contribution in [0.4, 0.5) is 0 Å². The van der Waals surface area contributed by atoms with Gasteiger partial charge >= 0.3 is 7.12 Å². The van der Waals surface area contributed by atoms with Gasteiger partial charge < -0.3 is 18.8 Å². The normalized spacial score (nSPS) is 22.2. The molecule has 1 saturated heterocycles. The molecule has 1 fully saturated rings. The van der Waals surface area contributed by atoms with Crippen molar-refractivity contribution < 1.29 is 18.8 Å². The van der Waals surface area contributed by atoms with E-state index in [4.69, 9.17) is 18.8 Å². The quantitative estimate of drug-likeness (QED) is 0.702. The summed E-state index contributed by atoms with van der Waals surface area (Å²) in [5.74, 6) is 0.890. The van der Waals surface area contributed by atoms with E-state index in [-0.39, 0.29) is 12.5 Å². The van der Waals surface area contributed by atoms with E-state index >= 15 is 0 Å². The second kappa shape index (κ2) is 4.57. The Morgan fingerprint density at radius 3 is 2.72 bits per heavy atom. The van der Waals surface area contributed by atoms with E-state index in [0.29, 0.717) is 26.6 Å². The molecule has 0 aromatic heterocycles. The fraction of sp³-hybridized carbons (Fsp3) is 0.538. The Bertz CT molecular complexity index is 437. The van der Waals surface area contributed by atoms with Crippen molar-refractivity contribution >= 4 is 12.6 Å². The first-order chi connectivity index (χ1) is 8.64. The van der Waals surface area contributed by atoms with E-state index in [2.05, 4.69) is 13.8 Å². The monoisotopic (exact) mass is 248 g/mol. The molecule has 0 saturated carbocycles. The second-order valence-electron chi connectivity index (χ2n) is 5.60. The second-order valence-corrected chi connectivity index (χ2v) is 5.60. The molecule has 1 aromatic carbocycles. The topological polar surface area (TPSA) is 36.9 Å². The molecular formula is C13H17BO4. The Balaban J connectivity index is 1.77. The molecule has 0 N–H and O–H groups in total. The number of hydrogen-bond acceptors (Lipinski definition) is 4. The minimum absolute atomic E-state index is 0.0942. The van der Waals surface area contributed by atoms with E-state index in [1.165, 1.54) is 0 Å². The predicted molar refractivity (Wildman–Crippen MR) is 67.8 cm³/mol. The molecule has 2 aliphatic heterocycles. The highest BCUT2D eigenvalue weighted by Crippen LogP contribution is 2.24. The van der Waals surface area contributed by atoms with Gasteiger partial charge in [-0.2, -0.15) is 0 Å². The minimum Gasteiger partial charge on any atom is -0.467 e. The molecule has 0 bridgehead atoms. The Morgan fingerprint density at radius 2 is 1.94 bits per heavy atom. The van der Waals surface area contributed by atoms with Crippen molar-refractivity contribution in [2.24, 2.45) is 5.41 Å². The third-order valence-electron chi connectivity index (χ3n) is 3.16. The van der Waals surface area contributed by atoms with Crippen LogP contribution in [0.1, 0.15) is 19.4 Å². The summed E-state index contributed by atoms with van der Waals surface area (Å²) in [4.78, 5) is 0. The van der Waals surface area contributed by atoms with Crippen LogP contribution in [0, 0.1) is 5.41 Å². The first-order valence-electron chi connectivity index (χ1n) is 6.21. The van der Waals surface area contributed by atoms with Crippen molar-refractivity contribution in [3.05, 3.63) is 23.8 Å². The van der Waals surface area contributed by atoms with Crippen molar-refractivity contribution in [3.8, 4) is 5.75 Å². The number of rotatable bonds is 1. The molecule has 0 amide bonds. The van der Waals surface area contributed by atoms with Gasteiger partial charge in [0.05, 0.1) is 6.61 Å². The van der Waals surface area contributed by atoms with Gasteiger partial charge in [-0.1, -0.05) is 26.0 Å². The highest BCUT2D eigenvalue weighted by molar-refractivity contribution is 6.61. The van der Waals surface area contributed by atoms with Crippen LogP contribution in [-0.4, -0.2) is 27.1 Å². The van der Waals surface area contributed by atoms with Crippen molar-refractivity contribution in [2.75, 3.05) is 20.0 Å². The van der Waals surface area contributed by atoms with Crippen LogP contribution in [0.3, 0.4) is 0 Å². The summed E-state index contributed by atoms with van der Waals surface area (Å²) in [6.07, 6.45) is 0. The zero-order valence-electron chi connectivity index (χ0n) is 10.8. The van der Waals surface area contributed by atoms with E-state index in [1.807, 2.05) is 18.2 Å². The molecule has 0 aliphatic carbocycles. The average Bonchev–Trinajstić information content (AvgIpc) is 2.38. The fourth-order valence-corrected chi connectivity index (χ4v) is 2.14. The van der Waals surface area contributed by atoms with Gasteiger partial charge in [0.2, 0.25) is 0 Å². The van der Waals surface area contributed by atoms with Crippen LogP contribution in [0.2, 0.25) is 0 Å². The van der Waals surface area contributed by atoms with Gasteiger partial charge in [0.15, 0.2) is 6.79 Å². The van der Waals surface area contributed by atoms with Gasteiger partial charge in [-0.25, -0.2) is 0 Å². The van der Waals surface area contributed by atoms with Crippen LogP contribution in [0.15, 0.2) is 18.2 Å². The fourth-order valence-electron chi connectivity index (χ4n) is 2.14. The lowest BCUT2D eigenvalue weighted by atomic mass is 9.75. The Morgan fingerprint density at radius 1 is 1.17 bits per heavy atom. The van der Waals surface area contributed by atoms with E-state index in [1.54, 1.807) is 0 Å². The Labute approximate surface area is 107 Å². The van der Waals surface area contributed by atoms with Gasteiger partial charge in [0.25, 0.3) is 0 Å². The number of ether oxygens (including phenoxy) is 2. The molecule has 1 aromatic rings. The summed E-state index contributed by atoms with van der Waals surface area (Å²) < 4.78 is 22.2. The maximum atomic E-state index is 5.77. The van der Waals surface area contributed by atoms with Crippen LogP contribution in [0.5, 0.6) is 5.75 Å². The molecule has 96 valence electrons. The number of benzene rings is 1. The summed E-state index contributed by atoms with van der Waals surface area (Å²) in [7, 11) is -0.273. The smallest absolute Gasteiger partial charge is 0.467 e. The van der Waals surface area contributed by atoms with Crippen LogP contribution in [-0.2, 0) is 20.7 Å². The first kappa shape index (κ1) is 12.0. The lowest BCUT2D eigenvalue weighted by Crippen LogP contribution is -2.47. The molecule has 2 heterocycles. The van der Waals surface area contributed by atoms with Crippen LogP contribution < -0.4 is 10.2 Å². The molecule has 5 heteroatoms. The van der Waals surface area contributed by atoms with E-state index < -0.39 is 0 Å². The molecular weight excluding hydrogens is 231 g/mol. The van der Waals surface area contributed by atoms with Gasteiger partial charge in [0, 0.05) is 24.2 Å². The summed E-state index contributed by atoms with van der Waals surface area (Å²) in [5.41, 5.74) is 2.17. The van der Waals surface area contributed by atoms with Crippen molar-refractivity contribution in [2.45, 2.75) is 20.5 Å². The molecule has 18 heavy (non-hydrogen) atoms. The van der Waals surface area contributed by atoms with Gasteiger partial charge in [-0.15, -0.1) is 0 Å². The lowest BCUT2D eigenvalue weighted by molar-refractivity contribution is -0.0163. The maximum Gasteiger partial charge on any atom is 0.493 e.